The van der Waals surface area contributed by atoms with Crippen LogP contribution in [0.2, 0.25) is 0 Å². The summed E-state index contributed by atoms with van der Waals surface area (Å²) >= 11 is 0. The summed E-state index contributed by atoms with van der Waals surface area (Å²) in [6, 6.07) is 0.723. The lowest BCUT2D eigenvalue weighted by molar-refractivity contribution is -0.0162. The van der Waals surface area contributed by atoms with Crippen LogP contribution in [0, 0.1) is 0 Å². The topological polar surface area (TPSA) is 21.3 Å². The molecule has 0 aromatic carbocycles. The molecule has 0 amide bonds. The highest BCUT2D eigenvalue weighted by molar-refractivity contribution is 4.84. The first kappa shape index (κ1) is 11.0. The van der Waals surface area contributed by atoms with Gasteiger partial charge >= 0.3 is 0 Å². The van der Waals surface area contributed by atoms with Gasteiger partial charge in [-0.3, -0.25) is 0 Å². The van der Waals surface area contributed by atoms with E-state index in [2.05, 4.69) is 12.2 Å². The summed E-state index contributed by atoms with van der Waals surface area (Å²) in [6.45, 7) is 3.21. The third kappa shape index (κ3) is 4.10. The third-order valence-electron chi connectivity index (χ3n) is 2.85. The maximum absolute atomic E-state index is 5.72. The maximum Gasteiger partial charge on any atom is 0.0604 e. The molecule has 0 unspecified atom stereocenters. The minimum Gasteiger partial charge on any atom is -0.378 e. The van der Waals surface area contributed by atoms with Crippen LogP contribution in [-0.2, 0) is 4.74 Å². The Morgan fingerprint density at radius 1 is 1.23 bits per heavy atom. The highest BCUT2D eigenvalue weighted by Crippen LogP contribution is 2.23. The van der Waals surface area contributed by atoms with Gasteiger partial charge in [-0.25, -0.2) is 0 Å². The molecule has 0 saturated heterocycles. The van der Waals surface area contributed by atoms with Gasteiger partial charge in [0.15, 0.2) is 0 Å². The summed E-state index contributed by atoms with van der Waals surface area (Å²) in [5, 5.41) is 3.26. The molecule has 0 bridgehead atoms. The monoisotopic (exact) mass is 185 g/mol. The summed E-state index contributed by atoms with van der Waals surface area (Å²) in [6.07, 6.45) is 8.22. The zero-order valence-corrected chi connectivity index (χ0v) is 9.01. The number of unbranched alkanes of at least 4 members (excludes halogenated alkanes) is 3. The van der Waals surface area contributed by atoms with Gasteiger partial charge in [0.2, 0.25) is 0 Å². The molecule has 1 N–H and O–H groups in total. The first-order chi connectivity index (χ1) is 6.36. The van der Waals surface area contributed by atoms with Gasteiger partial charge in [0, 0.05) is 12.6 Å². The lowest BCUT2D eigenvalue weighted by Crippen LogP contribution is -2.43. The summed E-state index contributed by atoms with van der Waals surface area (Å²) in [4.78, 5) is 0. The number of hydrogen-bond donors (Lipinski definition) is 1. The molecule has 0 aromatic rings. The zero-order chi connectivity index (χ0) is 9.52. The van der Waals surface area contributed by atoms with Crippen LogP contribution in [-0.4, -0.2) is 25.8 Å². The van der Waals surface area contributed by atoms with Gasteiger partial charge in [-0.2, -0.15) is 0 Å². The van der Waals surface area contributed by atoms with Crippen molar-refractivity contribution in [3.63, 3.8) is 0 Å². The Kier molecular flexibility index (Phi) is 5.40. The molecule has 1 aliphatic rings. The van der Waals surface area contributed by atoms with E-state index in [1.54, 1.807) is 0 Å². The van der Waals surface area contributed by atoms with E-state index in [0.717, 1.165) is 12.6 Å². The van der Waals surface area contributed by atoms with Gasteiger partial charge < -0.3 is 10.1 Å². The smallest absolute Gasteiger partial charge is 0.0604 e. The van der Waals surface area contributed by atoms with E-state index in [4.69, 9.17) is 4.74 Å². The maximum atomic E-state index is 5.72. The Labute approximate surface area is 82.0 Å². The van der Waals surface area contributed by atoms with Gasteiger partial charge in [-0.1, -0.05) is 26.2 Å². The van der Waals surface area contributed by atoms with Crippen molar-refractivity contribution in [2.75, 3.05) is 13.7 Å². The normalized spacial score (nSPS) is 27.2. The van der Waals surface area contributed by atoms with Crippen molar-refractivity contribution in [3.8, 4) is 0 Å². The summed E-state index contributed by atoms with van der Waals surface area (Å²) in [5.41, 5.74) is 0. The molecule has 2 heteroatoms. The molecular weight excluding hydrogens is 162 g/mol. The lowest BCUT2D eigenvalue weighted by atomic mass is 9.89. The summed E-state index contributed by atoms with van der Waals surface area (Å²) in [7, 11) is 2.03. The average Bonchev–Trinajstić information content (AvgIpc) is 2.08. The largest absolute Gasteiger partial charge is 0.378 e. The third-order valence-corrected chi connectivity index (χ3v) is 2.85. The van der Waals surface area contributed by atoms with E-state index in [1.807, 2.05) is 7.05 Å². The molecule has 0 aliphatic heterocycles. The van der Waals surface area contributed by atoms with Crippen LogP contribution in [0.4, 0.5) is 0 Å². The van der Waals surface area contributed by atoms with Crippen molar-refractivity contribution in [3.05, 3.63) is 0 Å². The van der Waals surface area contributed by atoms with Crippen LogP contribution in [0.5, 0.6) is 0 Å². The fraction of sp³-hybridized carbons (Fsp3) is 1.00. The molecule has 13 heavy (non-hydrogen) atoms. The van der Waals surface area contributed by atoms with E-state index in [0.29, 0.717) is 6.10 Å². The Balaban J connectivity index is 1.80. The molecular formula is C11H23NO. The van der Waals surface area contributed by atoms with Crippen LogP contribution in [0.15, 0.2) is 0 Å². The molecule has 0 radical (unpaired) electrons. The van der Waals surface area contributed by atoms with Crippen LogP contribution >= 0.6 is 0 Å². The number of rotatable bonds is 7. The minimum atomic E-state index is 0.555. The number of ether oxygens (including phenoxy) is 1. The Bertz CT molecular complexity index is 121. The second kappa shape index (κ2) is 6.39. The summed E-state index contributed by atoms with van der Waals surface area (Å²) < 4.78 is 5.72. The van der Waals surface area contributed by atoms with Crippen LogP contribution in [0.1, 0.15) is 45.4 Å². The van der Waals surface area contributed by atoms with Crippen LogP contribution in [0.25, 0.3) is 0 Å². The predicted octanol–water partition coefficient (Wildman–Crippen LogP) is 2.33. The van der Waals surface area contributed by atoms with E-state index in [-0.39, 0.29) is 0 Å². The van der Waals surface area contributed by atoms with Gasteiger partial charge in [-0.05, 0) is 26.3 Å². The molecule has 0 heterocycles. The van der Waals surface area contributed by atoms with Crippen molar-refractivity contribution in [1.82, 2.24) is 5.32 Å². The van der Waals surface area contributed by atoms with Crippen molar-refractivity contribution in [2.24, 2.45) is 0 Å². The quantitative estimate of drug-likeness (QED) is 0.615. The van der Waals surface area contributed by atoms with Crippen LogP contribution < -0.4 is 5.32 Å². The molecule has 0 atom stereocenters. The number of hydrogen-bond acceptors (Lipinski definition) is 2. The molecule has 0 aromatic heterocycles. The van der Waals surface area contributed by atoms with Gasteiger partial charge in [0.25, 0.3) is 0 Å². The molecule has 78 valence electrons. The zero-order valence-electron chi connectivity index (χ0n) is 9.01. The Morgan fingerprint density at radius 3 is 2.62 bits per heavy atom. The van der Waals surface area contributed by atoms with Crippen molar-refractivity contribution in [1.29, 1.82) is 0 Å². The second-order valence-corrected chi connectivity index (χ2v) is 4.01. The molecule has 1 fully saturated rings. The van der Waals surface area contributed by atoms with Crippen molar-refractivity contribution >= 4 is 0 Å². The standard InChI is InChI=1S/C11H23NO/c1-3-4-5-6-7-13-11-8-10(9-11)12-2/h10-12H,3-9H2,1-2H3. The molecule has 1 aliphatic carbocycles. The number of nitrogens with one attached hydrogen (secondary N) is 1. The Hall–Kier alpha value is -0.0800. The first-order valence-corrected chi connectivity index (χ1v) is 5.65. The van der Waals surface area contributed by atoms with E-state index in [9.17, 15) is 0 Å². The molecule has 1 saturated carbocycles. The van der Waals surface area contributed by atoms with Crippen molar-refractivity contribution in [2.45, 2.75) is 57.6 Å². The van der Waals surface area contributed by atoms with E-state index >= 15 is 0 Å². The first-order valence-electron chi connectivity index (χ1n) is 5.65. The van der Waals surface area contributed by atoms with E-state index in [1.165, 1.54) is 38.5 Å². The lowest BCUT2D eigenvalue weighted by Gasteiger charge is -2.34. The fourth-order valence-corrected chi connectivity index (χ4v) is 1.72. The minimum absolute atomic E-state index is 0.555. The van der Waals surface area contributed by atoms with Gasteiger partial charge in [0.1, 0.15) is 0 Å². The SMILES string of the molecule is CCCCCCOC1CC(NC)C1. The average molecular weight is 185 g/mol. The fourth-order valence-electron chi connectivity index (χ4n) is 1.72. The predicted molar refractivity (Wildman–Crippen MR) is 56.0 cm³/mol. The van der Waals surface area contributed by atoms with E-state index < -0.39 is 0 Å². The summed E-state index contributed by atoms with van der Waals surface area (Å²) in [5.74, 6) is 0. The van der Waals surface area contributed by atoms with Crippen molar-refractivity contribution < 1.29 is 4.74 Å². The Morgan fingerprint density at radius 2 is 2.00 bits per heavy atom. The highest BCUT2D eigenvalue weighted by atomic mass is 16.5. The van der Waals surface area contributed by atoms with Crippen LogP contribution in [0.3, 0.4) is 0 Å². The highest BCUT2D eigenvalue weighted by Gasteiger charge is 2.27. The second-order valence-electron chi connectivity index (χ2n) is 4.01. The molecule has 1 rings (SSSR count). The van der Waals surface area contributed by atoms with Gasteiger partial charge in [0.05, 0.1) is 6.10 Å². The van der Waals surface area contributed by atoms with Gasteiger partial charge in [-0.15, -0.1) is 0 Å². The molecule has 0 spiro atoms. The molecule has 2 nitrogen and oxygen atoms in total.